The first kappa shape index (κ1) is 19.9. The quantitative estimate of drug-likeness (QED) is 0.424. The molecule has 0 spiro atoms. The standard InChI is InChI=1S/C26H30S2/c1-3-5-10-16-26(4-2,21-18-20-11-6-8-13-24(20)28-19-21)23-15-17-27-25-14-9-7-12-22(23)25/h6-9,11-15,18H,3-5,10,16-17,19H2,1-2H3. The average Bonchev–Trinajstić information content (AvgIpc) is 2.76. The molecule has 4 rings (SSSR count). The molecule has 0 nitrogen and oxygen atoms in total. The number of allylic oxidation sites excluding steroid dienone is 1. The van der Waals surface area contributed by atoms with Crippen LogP contribution in [-0.2, 0) is 0 Å². The van der Waals surface area contributed by atoms with E-state index in [1.165, 1.54) is 53.0 Å². The topological polar surface area (TPSA) is 0 Å². The maximum absolute atomic E-state index is 2.54. The van der Waals surface area contributed by atoms with Crippen LogP contribution < -0.4 is 0 Å². The van der Waals surface area contributed by atoms with Gasteiger partial charge in [-0.3, -0.25) is 0 Å². The molecule has 2 aliphatic rings. The fourth-order valence-corrected chi connectivity index (χ4v) is 6.80. The Morgan fingerprint density at radius 1 is 0.893 bits per heavy atom. The van der Waals surface area contributed by atoms with Crippen LogP contribution in [0, 0.1) is 5.41 Å². The molecule has 1 unspecified atom stereocenters. The molecular weight excluding hydrogens is 376 g/mol. The van der Waals surface area contributed by atoms with E-state index in [2.05, 4.69) is 74.5 Å². The first-order valence-corrected chi connectivity index (χ1v) is 12.6. The van der Waals surface area contributed by atoms with E-state index in [1.807, 2.05) is 23.5 Å². The highest BCUT2D eigenvalue weighted by Gasteiger charge is 2.39. The fourth-order valence-electron chi connectivity index (χ4n) is 4.72. The normalized spacial score (nSPS) is 17.8. The molecule has 0 radical (unpaired) electrons. The predicted octanol–water partition coefficient (Wildman–Crippen LogP) is 8.34. The predicted molar refractivity (Wildman–Crippen MR) is 127 cm³/mol. The van der Waals surface area contributed by atoms with Crippen molar-refractivity contribution in [3.05, 3.63) is 71.3 Å². The summed E-state index contributed by atoms with van der Waals surface area (Å²) in [6.07, 6.45) is 11.4. The van der Waals surface area contributed by atoms with E-state index in [-0.39, 0.29) is 5.41 Å². The number of rotatable bonds is 7. The second-order valence-corrected chi connectivity index (χ2v) is 9.89. The van der Waals surface area contributed by atoms with Gasteiger partial charge in [-0.05, 0) is 47.2 Å². The minimum Gasteiger partial charge on any atom is -0.121 e. The van der Waals surface area contributed by atoms with Gasteiger partial charge in [-0.2, -0.15) is 0 Å². The highest BCUT2D eigenvalue weighted by molar-refractivity contribution is 7.99. The van der Waals surface area contributed by atoms with Crippen LogP contribution in [0.5, 0.6) is 0 Å². The Morgan fingerprint density at radius 2 is 1.68 bits per heavy atom. The molecule has 146 valence electrons. The number of hydrogen-bond acceptors (Lipinski definition) is 2. The smallest absolute Gasteiger partial charge is 0.0203 e. The number of benzene rings is 2. The largest absolute Gasteiger partial charge is 0.121 e. The van der Waals surface area contributed by atoms with Crippen LogP contribution in [-0.4, -0.2) is 11.5 Å². The van der Waals surface area contributed by atoms with E-state index in [0.29, 0.717) is 0 Å². The van der Waals surface area contributed by atoms with Crippen LogP contribution in [0.25, 0.3) is 11.6 Å². The average molecular weight is 407 g/mol. The lowest BCUT2D eigenvalue weighted by Gasteiger charge is -2.41. The lowest BCUT2D eigenvalue weighted by atomic mass is 9.66. The third kappa shape index (κ3) is 3.74. The molecule has 2 aromatic carbocycles. The number of unbranched alkanes of at least 4 members (excludes halogenated alkanes) is 2. The lowest BCUT2D eigenvalue weighted by molar-refractivity contribution is 0.404. The van der Waals surface area contributed by atoms with Gasteiger partial charge in [-0.15, -0.1) is 23.5 Å². The number of hydrogen-bond donors (Lipinski definition) is 0. The molecule has 0 aromatic heterocycles. The molecule has 1 atom stereocenters. The first-order chi connectivity index (χ1) is 13.8. The Hall–Kier alpha value is -1.38. The van der Waals surface area contributed by atoms with E-state index in [4.69, 9.17) is 0 Å². The maximum Gasteiger partial charge on any atom is 0.0203 e. The van der Waals surface area contributed by atoms with E-state index in [1.54, 1.807) is 11.1 Å². The molecular formula is C26H30S2. The summed E-state index contributed by atoms with van der Waals surface area (Å²) in [5, 5.41) is 0. The molecule has 0 fully saturated rings. The molecule has 2 aliphatic heterocycles. The van der Waals surface area contributed by atoms with Crippen molar-refractivity contribution in [2.45, 2.75) is 55.7 Å². The summed E-state index contributed by atoms with van der Waals surface area (Å²) in [6.45, 7) is 4.72. The van der Waals surface area contributed by atoms with Gasteiger partial charge in [0.2, 0.25) is 0 Å². The van der Waals surface area contributed by atoms with Gasteiger partial charge in [0.25, 0.3) is 0 Å². The Kier molecular flexibility index (Phi) is 6.38. The monoisotopic (exact) mass is 406 g/mol. The van der Waals surface area contributed by atoms with Crippen LogP contribution in [0.15, 0.2) is 70.0 Å². The SMILES string of the molecule is CCCCCC(CC)(C1=Cc2ccccc2SC1)C1=CCSc2ccccc21. The van der Waals surface area contributed by atoms with Crippen molar-refractivity contribution in [1.29, 1.82) is 0 Å². The van der Waals surface area contributed by atoms with Gasteiger partial charge in [-0.25, -0.2) is 0 Å². The minimum atomic E-state index is 0.160. The van der Waals surface area contributed by atoms with Gasteiger partial charge >= 0.3 is 0 Å². The summed E-state index contributed by atoms with van der Waals surface area (Å²) >= 11 is 4.00. The molecule has 0 bridgehead atoms. The van der Waals surface area contributed by atoms with Gasteiger partial charge in [0.1, 0.15) is 0 Å². The van der Waals surface area contributed by atoms with Crippen LogP contribution in [0.1, 0.15) is 57.1 Å². The molecule has 2 heteroatoms. The fraction of sp³-hybridized carbons (Fsp3) is 0.385. The summed E-state index contributed by atoms with van der Waals surface area (Å²) in [4.78, 5) is 2.89. The maximum atomic E-state index is 2.54. The van der Waals surface area contributed by atoms with E-state index >= 15 is 0 Å². The molecule has 0 saturated heterocycles. The van der Waals surface area contributed by atoms with Crippen molar-refractivity contribution in [1.82, 2.24) is 0 Å². The van der Waals surface area contributed by atoms with Gasteiger partial charge in [0.05, 0.1) is 0 Å². The molecule has 2 heterocycles. The van der Waals surface area contributed by atoms with E-state index in [0.717, 1.165) is 11.5 Å². The van der Waals surface area contributed by atoms with E-state index in [9.17, 15) is 0 Å². The summed E-state index contributed by atoms with van der Waals surface area (Å²) in [6, 6.07) is 17.9. The zero-order valence-corrected chi connectivity index (χ0v) is 18.7. The molecule has 0 saturated carbocycles. The molecule has 2 aromatic rings. The van der Waals surface area contributed by atoms with Gasteiger partial charge in [0, 0.05) is 26.7 Å². The second kappa shape index (κ2) is 8.97. The minimum absolute atomic E-state index is 0.160. The highest BCUT2D eigenvalue weighted by Crippen LogP contribution is 2.54. The van der Waals surface area contributed by atoms with Crippen molar-refractivity contribution in [2.24, 2.45) is 5.41 Å². The first-order valence-electron chi connectivity index (χ1n) is 10.6. The van der Waals surface area contributed by atoms with Crippen molar-refractivity contribution in [2.75, 3.05) is 11.5 Å². The van der Waals surface area contributed by atoms with Crippen LogP contribution in [0.3, 0.4) is 0 Å². The zero-order valence-electron chi connectivity index (χ0n) is 17.0. The second-order valence-electron chi connectivity index (χ2n) is 7.81. The summed E-state index contributed by atoms with van der Waals surface area (Å²) < 4.78 is 0. The summed E-state index contributed by atoms with van der Waals surface area (Å²) in [5.41, 5.74) is 6.25. The Bertz CT molecular complexity index is 893. The van der Waals surface area contributed by atoms with Gasteiger partial charge in [-0.1, -0.05) is 81.7 Å². The van der Waals surface area contributed by atoms with Crippen molar-refractivity contribution >= 4 is 35.2 Å². The number of fused-ring (bicyclic) bond motifs is 2. The third-order valence-electron chi connectivity index (χ3n) is 6.28. The van der Waals surface area contributed by atoms with E-state index < -0.39 is 0 Å². The molecule has 0 N–H and O–H groups in total. The molecule has 28 heavy (non-hydrogen) atoms. The van der Waals surface area contributed by atoms with Crippen molar-refractivity contribution < 1.29 is 0 Å². The highest BCUT2D eigenvalue weighted by atomic mass is 32.2. The Morgan fingerprint density at radius 3 is 2.50 bits per heavy atom. The van der Waals surface area contributed by atoms with Crippen LogP contribution >= 0.6 is 23.5 Å². The third-order valence-corrected chi connectivity index (χ3v) is 8.41. The van der Waals surface area contributed by atoms with Crippen molar-refractivity contribution in [3.63, 3.8) is 0 Å². The van der Waals surface area contributed by atoms with Gasteiger partial charge in [0.15, 0.2) is 0 Å². The number of thioether (sulfide) groups is 2. The van der Waals surface area contributed by atoms with Crippen molar-refractivity contribution in [3.8, 4) is 0 Å². The molecule has 0 amide bonds. The zero-order chi connectivity index (χ0) is 19.4. The van der Waals surface area contributed by atoms with Gasteiger partial charge < -0.3 is 0 Å². The van der Waals surface area contributed by atoms with Crippen LogP contribution in [0.2, 0.25) is 0 Å². The molecule has 0 aliphatic carbocycles. The summed E-state index contributed by atoms with van der Waals surface area (Å²) in [7, 11) is 0. The Labute approximate surface area is 178 Å². The Balaban J connectivity index is 1.82. The lowest BCUT2D eigenvalue weighted by Crippen LogP contribution is -2.28. The summed E-state index contributed by atoms with van der Waals surface area (Å²) in [5.74, 6) is 2.21. The van der Waals surface area contributed by atoms with Crippen LogP contribution in [0.4, 0.5) is 0 Å².